The molecule has 0 aliphatic carbocycles. The number of nitrogens with zero attached hydrogens (tertiary/aromatic N) is 2. The first-order valence-corrected chi connectivity index (χ1v) is 5.55. The van der Waals surface area contributed by atoms with Gasteiger partial charge in [-0.2, -0.15) is 4.98 Å². The van der Waals surface area contributed by atoms with Crippen LogP contribution in [0, 0.1) is 0 Å². The largest absolute Gasteiger partial charge is 0.347 e. The Hall–Kier alpha value is -1.43. The summed E-state index contributed by atoms with van der Waals surface area (Å²) in [6.07, 6.45) is 3.99. The second-order valence-electron chi connectivity index (χ2n) is 4.00. The van der Waals surface area contributed by atoms with Gasteiger partial charge in [-0.05, 0) is 25.8 Å². The van der Waals surface area contributed by atoms with E-state index >= 15 is 0 Å². The molecule has 1 aliphatic heterocycles. The van der Waals surface area contributed by atoms with Gasteiger partial charge in [-0.25, -0.2) is 0 Å². The molecule has 1 atom stereocenters. The van der Waals surface area contributed by atoms with E-state index < -0.39 is 5.54 Å². The van der Waals surface area contributed by atoms with Crippen LogP contribution < -0.4 is 10.6 Å². The highest BCUT2D eigenvalue weighted by molar-refractivity contribution is 5.86. The molecule has 2 rings (SSSR count). The van der Waals surface area contributed by atoms with Gasteiger partial charge in [0.05, 0.1) is 12.1 Å². The fraction of sp³-hybridized carbons (Fsp3) is 0.700. The Morgan fingerprint density at radius 2 is 2.62 bits per heavy atom. The summed E-state index contributed by atoms with van der Waals surface area (Å²) < 4.78 is 4.60. The van der Waals surface area contributed by atoms with E-state index in [0.717, 1.165) is 25.8 Å². The molecule has 1 fully saturated rings. The van der Waals surface area contributed by atoms with Gasteiger partial charge >= 0.3 is 0 Å². The molecule has 0 bridgehead atoms. The van der Waals surface area contributed by atoms with Crippen molar-refractivity contribution in [3.8, 4) is 0 Å². The fourth-order valence-electron chi connectivity index (χ4n) is 2.06. The number of hydrogen-bond acceptors (Lipinski definition) is 5. The Kier molecular flexibility index (Phi) is 3.19. The van der Waals surface area contributed by atoms with Gasteiger partial charge in [0.15, 0.2) is 5.82 Å². The van der Waals surface area contributed by atoms with Crippen LogP contribution in [0.3, 0.4) is 0 Å². The molecule has 0 saturated carbocycles. The minimum atomic E-state index is -0.399. The second-order valence-corrected chi connectivity index (χ2v) is 4.00. The first kappa shape index (κ1) is 11.1. The third-order valence-electron chi connectivity index (χ3n) is 3.10. The summed E-state index contributed by atoms with van der Waals surface area (Å²) in [7, 11) is 0. The van der Waals surface area contributed by atoms with Crippen molar-refractivity contribution in [3.05, 3.63) is 12.2 Å². The zero-order chi connectivity index (χ0) is 11.4. The van der Waals surface area contributed by atoms with E-state index in [1.165, 1.54) is 6.39 Å². The minimum Gasteiger partial charge on any atom is -0.347 e. The van der Waals surface area contributed by atoms with Gasteiger partial charge in [0.1, 0.15) is 0 Å². The second kappa shape index (κ2) is 4.61. The van der Waals surface area contributed by atoms with Crippen molar-refractivity contribution >= 4 is 5.91 Å². The Labute approximate surface area is 93.8 Å². The quantitative estimate of drug-likeness (QED) is 0.764. The van der Waals surface area contributed by atoms with Crippen LogP contribution in [0.4, 0.5) is 0 Å². The van der Waals surface area contributed by atoms with Crippen LogP contribution in [-0.2, 0) is 11.3 Å². The predicted octanol–water partition coefficient (Wildman–Crippen LogP) is 0.218. The Morgan fingerprint density at radius 1 is 1.75 bits per heavy atom. The molecule has 6 heteroatoms. The number of carbonyl (C=O) groups excluding carboxylic acids is 1. The Morgan fingerprint density at radius 3 is 3.19 bits per heavy atom. The summed E-state index contributed by atoms with van der Waals surface area (Å²) in [6.45, 7) is 3.24. The van der Waals surface area contributed by atoms with E-state index in [9.17, 15) is 4.79 Å². The zero-order valence-corrected chi connectivity index (χ0v) is 9.32. The zero-order valence-electron chi connectivity index (χ0n) is 9.32. The highest BCUT2D eigenvalue weighted by Gasteiger charge is 2.38. The van der Waals surface area contributed by atoms with Crippen molar-refractivity contribution in [3.63, 3.8) is 0 Å². The van der Waals surface area contributed by atoms with Crippen LogP contribution in [0.25, 0.3) is 0 Å². The molecule has 0 aromatic carbocycles. The van der Waals surface area contributed by atoms with E-state index in [-0.39, 0.29) is 5.91 Å². The molecule has 1 unspecified atom stereocenters. The summed E-state index contributed by atoms with van der Waals surface area (Å²) in [5.41, 5.74) is -0.399. The highest BCUT2D eigenvalue weighted by atomic mass is 16.5. The van der Waals surface area contributed by atoms with Gasteiger partial charge in [0, 0.05) is 0 Å². The van der Waals surface area contributed by atoms with Crippen molar-refractivity contribution in [2.75, 3.05) is 6.54 Å². The molecule has 1 saturated heterocycles. The third-order valence-corrected chi connectivity index (χ3v) is 3.10. The standard InChI is InChI=1S/C10H16N4O2/c1-2-10(4-3-5-13-10)9(15)11-6-8-12-7-16-14-8/h7,13H,2-6H2,1H3,(H,11,15). The third kappa shape index (κ3) is 2.06. The number of rotatable bonds is 4. The number of hydrogen-bond donors (Lipinski definition) is 2. The molecule has 1 aliphatic rings. The van der Waals surface area contributed by atoms with E-state index in [1.807, 2.05) is 6.92 Å². The summed E-state index contributed by atoms with van der Waals surface area (Å²) in [5.74, 6) is 0.523. The maximum absolute atomic E-state index is 12.0. The molecule has 2 heterocycles. The lowest BCUT2D eigenvalue weighted by atomic mass is 9.93. The topological polar surface area (TPSA) is 80.1 Å². The van der Waals surface area contributed by atoms with E-state index in [2.05, 4.69) is 25.3 Å². The van der Waals surface area contributed by atoms with Gasteiger partial charge in [0.25, 0.3) is 0 Å². The average molecular weight is 224 g/mol. The van der Waals surface area contributed by atoms with Crippen LogP contribution in [0.15, 0.2) is 10.9 Å². The molecule has 1 amide bonds. The van der Waals surface area contributed by atoms with Crippen LogP contribution in [-0.4, -0.2) is 28.1 Å². The van der Waals surface area contributed by atoms with Gasteiger partial charge in [0.2, 0.25) is 12.3 Å². The first-order valence-electron chi connectivity index (χ1n) is 5.55. The molecule has 2 N–H and O–H groups in total. The average Bonchev–Trinajstić information content (AvgIpc) is 2.97. The lowest BCUT2D eigenvalue weighted by Crippen LogP contribution is -2.52. The van der Waals surface area contributed by atoms with Gasteiger partial charge in [-0.1, -0.05) is 12.1 Å². The molecule has 16 heavy (non-hydrogen) atoms. The van der Waals surface area contributed by atoms with Crippen molar-refractivity contribution in [2.45, 2.75) is 38.3 Å². The summed E-state index contributed by atoms with van der Waals surface area (Å²) in [6, 6.07) is 0. The van der Waals surface area contributed by atoms with Gasteiger partial charge in [-0.15, -0.1) is 0 Å². The molecular weight excluding hydrogens is 208 g/mol. The molecule has 6 nitrogen and oxygen atoms in total. The van der Waals surface area contributed by atoms with E-state index in [0.29, 0.717) is 12.4 Å². The number of carbonyl (C=O) groups is 1. The van der Waals surface area contributed by atoms with Crippen LogP contribution in [0.1, 0.15) is 32.0 Å². The lowest BCUT2D eigenvalue weighted by Gasteiger charge is -2.26. The SMILES string of the molecule is CCC1(C(=O)NCc2ncon2)CCCN1. The molecular formula is C10H16N4O2. The van der Waals surface area contributed by atoms with Crippen molar-refractivity contribution < 1.29 is 9.32 Å². The minimum absolute atomic E-state index is 0.0253. The molecule has 0 spiro atoms. The first-order chi connectivity index (χ1) is 7.77. The maximum atomic E-state index is 12.0. The molecule has 88 valence electrons. The van der Waals surface area contributed by atoms with Crippen molar-refractivity contribution in [1.82, 2.24) is 20.8 Å². The summed E-state index contributed by atoms with van der Waals surface area (Å²) in [5, 5.41) is 9.75. The van der Waals surface area contributed by atoms with Gasteiger partial charge in [-0.3, -0.25) is 4.79 Å². The van der Waals surface area contributed by atoms with Crippen LogP contribution >= 0.6 is 0 Å². The Balaban J connectivity index is 1.91. The fourth-order valence-corrected chi connectivity index (χ4v) is 2.06. The monoisotopic (exact) mass is 224 g/mol. The number of nitrogens with one attached hydrogen (secondary N) is 2. The van der Waals surface area contributed by atoms with Crippen LogP contribution in [0.2, 0.25) is 0 Å². The molecule has 1 aromatic heterocycles. The maximum Gasteiger partial charge on any atom is 0.240 e. The van der Waals surface area contributed by atoms with Gasteiger partial charge < -0.3 is 15.2 Å². The normalized spacial score (nSPS) is 24.6. The summed E-state index contributed by atoms with van der Waals surface area (Å²) in [4.78, 5) is 15.9. The number of amides is 1. The molecule has 1 aromatic rings. The van der Waals surface area contributed by atoms with Crippen LogP contribution in [0.5, 0.6) is 0 Å². The van der Waals surface area contributed by atoms with E-state index in [1.54, 1.807) is 0 Å². The van der Waals surface area contributed by atoms with Crippen molar-refractivity contribution in [1.29, 1.82) is 0 Å². The lowest BCUT2D eigenvalue weighted by molar-refractivity contribution is -0.127. The number of aromatic nitrogens is 2. The highest BCUT2D eigenvalue weighted by Crippen LogP contribution is 2.22. The molecule has 0 radical (unpaired) electrons. The van der Waals surface area contributed by atoms with Crippen molar-refractivity contribution in [2.24, 2.45) is 0 Å². The predicted molar refractivity (Wildman–Crippen MR) is 56.4 cm³/mol. The summed E-state index contributed by atoms with van der Waals surface area (Å²) >= 11 is 0. The smallest absolute Gasteiger partial charge is 0.240 e. The Bertz CT molecular complexity index is 344. The van der Waals surface area contributed by atoms with E-state index in [4.69, 9.17) is 0 Å².